The van der Waals surface area contributed by atoms with E-state index in [0.717, 1.165) is 16.5 Å². The Morgan fingerprint density at radius 1 is 0.900 bits per heavy atom. The largest absolute Gasteiger partial charge is 0.492 e. The Hall–Kier alpha value is -4.20. The molecule has 8 heteroatoms. The molecule has 0 unspecified atom stereocenters. The molecule has 0 atom stereocenters. The van der Waals surface area contributed by atoms with Gasteiger partial charge in [-0.3, -0.25) is 10.1 Å². The zero-order valence-corrected chi connectivity index (χ0v) is 16.2. The molecule has 0 aliphatic carbocycles. The Morgan fingerprint density at radius 2 is 1.53 bits per heavy atom. The lowest BCUT2D eigenvalue weighted by atomic mass is 10.1. The summed E-state index contributed by atoms with van der Waals surface area (Å²) in [5, 5.41) is 20.0. The maximum atomic E-state index is 11.9. The van der Waals surface area contributed by atoms with Gasteiger partial charge in [-0.05, 0) is 30.5 Å². The summed E-state index contributed by atoms with van der Waals surface area (Å²) in [5.74, 6) is 0.754. The van der Waals surface area contributed by atoms with E-state index in [2.05, 4.69) is 20.6 Å². The highest BCUT2D eigenvalue weighted by molar-refractivity contribution is 5.96. The molecule has 4 rings (SSSR count). The van der Waals surface area contributed by atoms with E-state index in [9.17, 15) is 10.1 Å². The van der Waals surface area contributed by atoms with Crippen molar-refractivity contribution in [2.45, 2.75) is 6.92 Å². The van der Waals surface area contributed by atoms with Crippen molar-refractivity contribution >= 4 is 39.5 Å². The molecule has 2 N–H and O–H groups in total. The molecule has 8 nitrogen and oxygen atoms in total. The van der Waals surface area contributed by atoms with Crippen molar-refractivity contribution in [2.75, 3.05) is 17.2 Å². The highest BCUT2D eigenvalue weighted by Gasteiger charge is 2.24. The van der Waals surface area contributed by atoms with Gasteiger partial charge < -0.3 is 15.4 Å². The van der Waals surface area contributed by atoms with E-state index in [1.165, 1.54) is 6.33 Å². The number of rotatable bonds is 7. The van der Waals surface area contributed by atoms with Crippen molar-refractivity contribution in [1.29, 1.82) is 0 Å². The first kappa shape index (κ1) is 19.1. The fourth-order valence-electron chi connectivity index (χ4n) is 3.18. The maximum absolute atomic E-state index is 11.9. The summed E-state index contributed by atoms with van der Waals surface area (Å²) in [6.07, 6.45) is 1.28. The predicted octanol–water partition coefficient (Wildman–Crippen LogP) is 5.42. The van der Waals surface area contributed by atoms with Crippen molar-refractivity contribution in [1.82, 2.24) is 9.97 Å². The third kappa shape index (κ3) is 3.83. The zero-order chi connectivity index (χ0) is 20.9. The van der Waals surface area contributed by atoms with Gasteiger partial charge in [0.15, 0.2) is 0 Å². The molecule has 0 radical (unpaired) electrons. The average Bonchev–Trinajstić information content (AvgIpc) is 2.75. The van der Waals surface area contributed by atoms with Gasteiger partial charge in [-0.15, -0.1) is 0 Å². The van der Waals surface area contributed by atoms with Gasteiger partial charge in [-0.1, -0.05) is 48.5 Å². The van der Waals surface area contributed by atoms with Gasteiger partial charge in [0.1, 0.15) is 12.1 Å². The van der Waals surface area contributed by atoms with Crippen LogP contribution in [0.1, 0.15) is 6.92 Å². The number of benzene rings is 3. The minimum atomic E-state index is -0.501. The minimum Gasteiger partial charge on any atom is -0.492 e. The lowest BCUT2D eigenvalue weighted by Gasteiger charge is -2.13. The molecule has 0 saturated carbocycles. The fourth-order valence-corrected chi connectivity index (χ4v) is 3.18. The van der Waals surface area contributed by atoms with Crippen LogP contribution in [-0.4, -0.2) is 21.5 Å². The zero-order valence-electron chi connectivity index (χ0n) is 16.2. The van der Waals surface area contributed by atoms with Gasteiger partial charge in [-0.2, -0.15) is 0 Å². The van der Waals surface area contributed by atoms with Gasteiger partial charge in [0.2, 0.25) is 11.6 Å². The van der Waals surface area contributed by atoms with E-state index in [1.807, 2.05) is 61.5 Å². The van der Waals surface area contributed by atoms with Crippen LogP contribution in [0.4, 0.5) is 28.7 Å². The number of fused-ring (bicyclic) bond motifs is 1. The van der Waals surface area contributed by atoms with Gasteiger partial charge in [0.05, 0.1) is 17.2 Å². The minimum absolute atomic E-state index is 0.0740. The van der Waals surface area contributed by atoms with Crippen LogP contribution in [0.15, 0.2) is 73.1 Å². The quantitative estimate of drug-likeness (QED) is 0.315. The number of nitrogens with one attached hydrogen (secondary N) is 2. The molecular weight excluding hydrogens is 382 g/mol. The third-order valence-electron chi connectivity index (χ3n) is 4.49. The number of hydrogen-bond donors (Lipinski definition) is 2. The van der Waals surface area contributed by atoms with Crippen LogP contribution in [0.5, 0.6) is 5.75 Å². The van der Waals surface area contributed by atoms with E-state index in [-0.39, 0.29) is 17.3 Å². The second kappa shape index (κ2) is 8.44. The summed E-state index contributed by atoms with van der Waals surface area (Å²) in [6.45, 7) is 2.34. The van der Waals surface area contributed by atoms with Crippen LogP contribution in [0.25, 0.3) is 10.8 Å². The van der Waals surface area contributed by atoms with Crippen LogP contribution in [0.2, 0.25) is 0 Å². The molecule has 0 aliphatic heterocycles. The lowest BCUT2D eigenvalue weighted by Crippen LogP contribution is -2.06. The molecule has 1 aromatic heterocycles. The van der Waals surface area contributed by atoms with E-state index < -0.39 is 4.92 Å². The van der Waals surface area contributed by atoms with Gasteiger partial charge in [0.25, 0.3) is 0 Å². The molecule has 0 spiro atoms. The normalized spacial score (nSPS) is 10.6. The fraction of sp³-hybridized carbons (Fsp3) is 0.0909. The monoisotopic (exact) mass is 401 g/mol. The second-order valence-electron chi connectivity index (χ2n) is 6.38. The molecule has 1 heterocycles. The van der Waals surface area contributed by atoms with E-state index >= 15 is 0 Å². The SMILES string of the molecule is CCOc1ccccc1Nc1ncnc(Nc2cccc3ccccc23)c1[N+](=O)[O-]. The number of ether oxygens (including phenoxy) is 1. The topological polar surface area (TPSA) is 102 Å². The van der Waals surface area contributed by atoms with Crippen molar-refractivity contribution in [3.63, 3.8) is 0 Å². The molecule has 4 aromatic rings. The van der Waals surface area contributed by atoms with Crippen molar-refractivity contribution in [3.05, 3.63) is 83.2 Å². The van der Waals surface area contributed by atoms with Crippen LogP contribution in [-0.2, 0) is 0 Å². The first-order valence-corrected chi connectivity index (χ1v) is 9.40. The van der Waals surface area contributed by atoms with Crippen molar-refractivity contribution < 1.29 is 9.66 Å². The van der Waals surface area contributed by atoms with Gasteiger partial charge in [-0.25, -0.2) is 9.97 Å². The Labute approximate surface area is 172 Å². The third-order valence-corrected chi connectivity index (χ3v) is 4.49. The van der Waals surface area contributed by atoms with Crippen LogP contribution >= 0.6 is 0 Å². The lowest BCUT2D eigenvalue weighted by molar-refractivity contribution is -0.383. The molecule has 0 fully saturated rings. The Bertz CT molecular complexity index is 1210. The predicted molar refractivity (Wildman–Crippen MR) is 117 cm³/mol. The highest BCUT2D eigenvalue weighted by atomic mass is 16.6. The first-order chi connectivity index (χ1) is 14.7. The molecular formula is C22H19N5O3. The Morgan fingerprint density at radius 3 is 2.30 bits per heavy atom. The van der Waals surface area contributed by atoms with E-state index in [4.69, 9.17) is 4.74 Å². The molecule has 30 heavy (non-hydrogen) atoms. The molecule has 0 saturated heterocycles. The summed E-state index contributed by atoms with van der Waals surface area (Å²) in [5.41, 5.74) is 1.05. The van der Waals surface area contributed by atoms with E-state index in [1.54, 1.807) is 12.1 Å². The number of aromatic nitrogens is 2. The highest BCUT2D eigenvalue weighted by Crippen LogP contribution is 2.36. The molecule has 0 aliphatic rings. The van der Waals surface area contributed by atoms with Crippen LogP contribution in [0.3, 0.4) is 0 Å². The van der Waals surface area contributed by atoms with Crippen LogP contribution in [0, 0.1) is 10.1 Å². The number of nitro groups is 1. The Balaban J connectivity index is 1.75. The molecule has 150 valence electrons. The van der Waals surface area contributed by atoms with Crippen LogP contribution < -0.4 is 15.4 Å². The molecule has 3 aromatic carbocycles. The maximum Gasteiger partial charge on any atom is 0.353 e. The number of hydrogen-bond acceptors (Lipinski definition) is 7. The van der Waals surface area contributed by atoms with Gasteiger partial charge >= 0.3 is 5.69 Å². The smallest absolute Gasteiger partial charge is 0.353 e. The summed E-state index contributed by atoms with van der Waals surface area (Å²) in [4.78, 5) is 19.6. The number of anilines is 4. The Kier molecular flexibility index (Phi) is 5.38. The molecule has 0 bridgehead atoms. The average molecular weight is 401 g/mol. The number of para-hydroxylation sites is 2. The summed E-state index contributed by atoms with van der Waals surface area (Å²) >= 11 is 0. The standard InChI is InChI=1S/C22H19N5O3/c1-2-30-19-13-6-5-11-18(19)26-22-20(27(28)29)21(23-14-24-22)25-17-12-7-9-15-8-3-4-10-16(15)17/h3-14H,2H2,1H3,(H2,23,24,25,26). The first-order valence-electron chi connectivity index (χ1n) is 9.40. The number of nitrogens with zero attached hydrogens (tertiary/aromatic N) is 3. The van der Waals surface area contributed by atoms with Crippen molar-refractivity contribution in [3.8, 4) is 5.75 Å². The summed E-state index contributed by atoms with van der Waals surface area (Å²) < 4.78 is 5.59. The van der Waals surface area contributed by atoms with E-state index in [0.29, 0.717) is 18.0 Å². The van der Waals surface area contributed by atoms with Gasteiger partial charge in [0, 0.05) is 11.1 Å². The molecule has 0 amide bonds. The second-order valence-corrected chi connectivity index (χ2v) is 6.38. The summed E-state index contributed by atoms with van der Waals surface area (Å²) in [6, 6.07) is 20.7. The summed E-state index contributed by atoms with van der Waals surface area (Å²) in [7, 11) is 0. The van der Waals surface area contributed by atoms with Crippen molar-refractivity contribution in [2.24, 2.45) is 0 Å².